The minimum absolute atomic E-state index is 0.00434. The smallest absolute Gasteiger partial charge is 0.360 e. The molecule has 15 nitrogen and oxygen atoms in total. The minimum atomic E-state index is -4.76. The number of aromatic amines is 1. The van der Waals surface area contributed by atoms with Crippen molar-refractivity contribution in [1.29, 1.82) is 0 Å². The Morgan fingerprint density at radius 1 is 1.22 bits per heavy atom. The molecule has 0 amide bonds. The van der Waals surface area contributed by atoms with E-state index in [4.69, 9.17) is 15.0 Å². The fourth-order valence-corrected chi connectivity index (χ4v) is 10.4. The SMILES string of the molecule is CCC(C)(O)P(=O)(O)OC(CC)(CC)P(=O)(O)SC[C@H]1O[C@@H](n2cnc3c(=O)[nH]c(N)nc32)C(O)C1O. The van der Waals surface area contributed by atoms with Gasteiger partial charge in [-0.1, -0.05) is 32.2 Å². The van der Waals surface area contributed by atoms with Crippen LogP contribution >= 0.6 is 25.5 Å². The van der Waals surface area contributed by atoms with Crippen molar-refractivity contribution in [3.8, 4) is 0 Å². The van der Waals surface area contributed by atoms with Gasteiger partial charge in [-0.3, -0.25) is 28.0 Å². The number of rotatable bonds is 11. The number of imidazole rings is 1. The zero-order valence-corrected chi connectivity index (χ0v) is 23.3. The van der Waals surface area contributed by atoms with E-state index in [9.17, 15) is 39.0 Å². The molecule has 0 aromatic carbocycles. The van der Waals surface area contributed by atoms with Gasteiger partial charge < -0.3 is 35.6 Å². The number of hydrogen-bond donors (Lipinski definition) is 7. The van der Waals surface area contributed by atoms with Crippen LogP contribution in [0, 0.1) is 0 Å². The number of hydrogen-bond acceptors (Lipinski definition) is 12. The van der Waals surface area contributed by atoms with Crippen LogP contribution in [0.15, 0.2) is 11.1 Å². The third-order valence-electron chi connectivity index (χ3n) is 6.67. The minimum Gasteiger partial charge on any atom is -0.387 e. The van der Waals surface area contributed by atoms with Gasteiger partial charge in [-0.2, -0.15) is 4.98 Å². The van der Waals surface area contributed by atoms with Gasteiger partial charge in [0.25, 0.3) is 12.1 Å². The first kappa shape index (κ1) is 30.2. The zero-order chi connectivity index (χ0) is 28.0. The number of nitrogen functional groups attached to an aromatic ring is 1. The maximum atomic E-state index is 13.5. The number of nitrogens with two attached hydrogens (primary N) is 1. The summed E-state index contributed by atoms with van der Waals surface area (Å²) in [6.45, 7) is 1.16. The number of aliphatic hydroxyl groups is 3. The molecule has 8 N–H and O–H groups in total. The molecule has 18 heteroatoms. The Morgan fingerprint density at radius 3 is 2.41 bits per heavy atom. The van der Waals surface area contributed by atoms with Crippen molar-refractivity contribution in [3.05, 3.63) is 16.7 Å². The highest BCUT2D eigenvalue weighted by molar-refractivity contribution is 8.56. The van der Waals surface area contributed by atoms with Gasteiger partial charge >= 0.3 is 7.60 Å². The van der Waals surface area contributed by atoms with Gasteiger partial charge in [-0.25, -0.2) is 4.98 Å². The van der Waals surface area contributed by atoms with Crippen LogP contribution in [-0.4, -0.2) is 79.4 Å². The fraction of sp³-hybridized carbons (Fsp3) is 0.737. The number of H-pyrrole nitrogens is 1. The van der Waals surface area contributed by atoms with Crippen LogP contribution in [0.25, 0.3) is 11.2 Å². The van der Waals surface area contributed by atoms with Crippen molar-refractivity contribution in [2.45, 2.75) is 82.2 Å². The topological polar surface area (TPSA) is 243 Å². The number of fused-ring (bicyclic) bond motifs is 1. The lowest BCUT2D eigenvalue weighted by Gasteiger charge is -2.39. The van der Waals surface area contributed by atoms with E-state index in [0.29, 0.717) is 11.4 Å². The van der Waals surface area contributed by atoms with Crippen LogP contribution in [0.4, 0.5) is 5.95 Å². The second-order valence-electron chi connectivity index (χ2n) is 8.97. The molecule has 2 aromatic rings. The molecule has 1 aliphatic heterocycles. The zero-order valence-electron chi connectivity index (χ0n) is 20.7. The third-order valence-corrected chi connectivity index (χ3v) is 14.0. The van der Waals surface area contributed by atoms with Crippen LogP contribution < -0.4 is 11.3 Å². The molecule has 0 bridgehead atoms. The molecule has 5 unspecified atom stereocenters. The molecule has 0 radical (unpaired) electrons. The van der Waals surface area contributed by atoms with Gasteiger partial charge in [-0.05, 0) is 26.2 Å². The van der Waals surface area contributed by atoms with E-state index in [1.807, 2.05) is 0 Å². The number of anilines is 1. The number of aliphatic hydroxyl groups excluding tert-OH is 2. The van der Waals surface area contributed by atoms with Gasteiger partial charge in [0.15, 0.2) is 28.1 Å². The molecule has 0 saturated carbocycles. The molecule has 1 aliphatic rings. The summed E-state index contributed by atoms with van der Waals surface area (Å²) in [5.41, 5.74) is 4.92. The summed E-state index contributed by atoms with van der Waals surface area (Å²) in [6, 6.07) is 0. The summed E-state index contributed by atoms with van der Waals surface area (Å²) in [4.78, 5) is 43.7. The molecule has 1 fully saturated rings. The summed E-state index contributed by atoms with van der Waals surface area (Å²) in [7, 11) is -4.76. The summed E-state index contributed by atoms with van der Waals surface area (Å²) < 4.78 is 38.7. The summed E-state index contributed by atoms with van der Waals surface area (Å²) in [5.74, 6) is -0.504. The Bertz CT molecular complexity index is 1280. The molecule has 2 aromatic heterocycles. The first-order valence-electron chi connectivity index (χ1n) is 11.5. The van der Waals surface area contributed by atoms with Crippen LogP contribution in [0.5, 0.6) is 0 Å². The van der Waals surface area contributed by atoms with Gasteiger partial charge in [0.1, 0.15) is 12.2 Å². The lowest BCUT2D eigenvalue weighted by atomic mass is 10.1. The van der Waals surface area contributed by atoms with Gasteiger partial charge in [0.05, 0.1) is 12.4 Å². The summed E-state index contributed by atoms with van der Waals surface area (Å²) in [6.07, 6.45) is -4.62. The van der Waals surface area contributed by atoms with Crippen molar-refractivity contribution in [1.82, 2.24) is 19.5 Å². The summed E-state index contributed by atoms with van der Waals surface area (Å²) >= 11 is 0.465. The predicted molar refractivity (Wildman–Crippen MR) is 136 cm³/mol. The lowest BCUT2D eigenvalue weighted by molar-refractivity contribution is -0.0288. The largest absolute Gasteiger partial charge is 0.387 e. The molecule has 1 saturated heterocycles. The first-order chi connectivity index (χ1) is 17.1. The van der Waals surface area contributed by atoms with Gasteiger partial charge in [0, 0.05) is 5.75 Å². The Balaban J connectivity index is 1.82. The number of nitrogens with zero attached hydrogens (tertiary/aromatic N) is 3. The molecule has 7 atom stereocenters. The monoisotopic (exact) mass is 585 g/mol. The highest BCUT2D eigenvalue weighted by Gasteiger charge is 2.55. The maximum Gasteiger partial charge on any atom is 0.360 e. The lowest BCUT2D eigenvalue weighted by Crippen LogP contribution is -2.35. The molecule has 37 heavy (non-hydrogen) atoms. The second-order valence-corrected chi connectivity index (χ2v) is 15.9. The van der Waals surface area contributed by atoms with Crippen LogP contribution in [-0.2, 0) is 18.4 Å². The molecule has 3 rings (SSSR count). The Hall–Kier alpha value is -1.32. The van der Waals surface area contributed by atoms with E-state index in [2.05, 4.69) is 15.0 Å². The van der Waals surface area contributed by atoms with E-state index < -0.39 is 54.9 Å². The quantitative estimate of drug-likeness (QED) is 0.183. The van der Waals surface area contributed by atoms with Crippen molar-refractivity contribution >= 4 is 42.7 Å². The van der Waals surface area contributed by atoms with E-state index in [0.717, 1.165) is 6.92 Å². The standard InChI is InChI=1S/C19H33N5O10P2S/c1-5-18(4,28)35(29,30)34-19(6-2,7-3)36(31,32)37-8-10-12(25)13(26)16(33-10)24-9-21-11-14(24)22-17(20)23-15(11)27/h9-10,12-13,16,25-26,28H,5-8H2,1-4H3,(H,29,30)(H,31,32)(H3,20,22,23,27)/t10-,12?,13?,16-,18?/m1/s1. The van der Waals surface area contributed by atoms with E-state index in [1.165, 1.54) is 31.7 Å². The van der Waals surface area contributed by atoms with E-state index >= 15 is 0 Å². The van der Waals surface area contributed by atoms with Crippen molar-refractivity contribution in [3.63, 3.8) is 0 Å². The number of ether oxygens (including phenoxy) is 1. The van der Waals surface area contributed by atoms with Gasteiger partial charge in [0.2, 0.25) is 5.95 Å². The average molecular weight is 586 g/mol. The fourth-order valence-electron chi connectivity index (χ4n) is 3.88. The maximum absolute atomic E-state index is 13.5. The predicted octanol–water partition coefficient (Wildman–Crippen LogP) is 1.08. The normalized spacial score (nSPS) is 27.6. The molecular weight excluding hydrogens is 552 g/mol. The second kappa shape index (κ2) is 10.7. The number of nitrogens with one attached hydrogen (secondary N) is 1. The molecular formula is C19H33N5O10P2S. The average Bonchev–Trinajstić information content (AvgIpc) is 3.36. The molecule has 0 aliphatic carbocycles. The first-order valence-corrected chi connectivity index (χ1v) is 16.4. The van der Waals surface area contributed by atoms with Crippen molar-refractivity contribution in [2.75, 3.05) is 11.5 Å². The van der Waals surface area contributed by atoms with Crippen LogP contribution in [0.2, 0.25) is 0 Å². The molecule has 3 heterocycles. The Labute approximate surface area is 216 Å². The van der Waals surface area contributed by atoms with Crippen molar-refractivity contribution in [2.24, 2.45) is 0 Å². The van der Waals surface area contributed by atoms with Crippen LogP contribution in [0.3, 0.4) is 0 Å². The Morgan fingerprint density at radius 2 is 1.84 bits per heavy atom. The highest BCUT2D eigenvalue weighted by Crippen LogP contribution is 2.73. The van der Waals surface area contributed by atoms with Crippen LogP contribution in [0.1, 0.15) is 53.2 Å². The number of aromatic nitrogens is 4. The van der Waals surface area contributed by atoms with Gasteiger partial charge in [-0.15, -0.1) is 0 Å². The highest BCUT2D eigenvalue weighted by atomic mass is 32.7. The Kier molecular flexibility index (Phi) is 8.73. The third kappa shape index (κ3) is 5.42. The van der Waals surface area contributed by atoms with Crippen molar-refractivity contribution < 1.29 is 43.5 Å². The summed E-state index contributed by atoms with van der Waals surface area (Å²) in [5, 5.41) is 27.4. The molecule has 210 valence electrons. The van der Waals surface area contributed by atoms with E-state index in [-0.39, 0.29) is 42.1 Å². The molecule has 0 spiro atoms. The van der Waals surface area contributed by atoms with E-state index in [1.54, 1.807) is 0 Å².